The van der Waals surface area contributed by atoms with Crippen LogP contribution in [-0.2, 0) is 9.53 Å². The number of esters is 1. The summed E-state index contributed by atoms with van der Waals surface area (Å²) in [5.74, 6) is -1.68. The van der Waals surface area contributed by atoms with Gasteiger partial charge in [0.2, 0.25) is 0 Å². The van der Waals surface area contributed by atoms with E-state index in [2.05, 4.69) is 11.4 Å². The second kappa shape index (κ2) is 8.58. The highest BCUT2D eigenvalue weighted by Crippen LogP contribution is 2.35. The number of carbonyl (C=O) groups is 2. The smallest absolute Gasteiger partial charge is 0.342 e. The fourth-order valence-corrected chi connectivity index (χ4v) is 3.25. The van der Waals surface area contributed by atoms with Crippen molar-refractivity contribution in [3.05, 3.63) is 47.5 Å². The van der Waals surface area contributed by atoms with Gasteiger partial charge in [0.05, 0.1) is 0 Å². The van der Waals surface area contributed by atoms with E-state index in [1.807, 2.05) is 0 Å². The number of hydrogen-bond acceptors (Lipinski definition) is 5. The van der Waals surface area contributed by atoms with Gasteiger partial charge in [-0.25, -0.2) is 4.79 Å². The van der Waals surface area contributed by atoms with E-state index in [9.17, 15) is 19.8 Å². The zero-order valence-corrected chi connectivity index (χ0v) is 15.0. The quantitative estimate of drug-likeness (QED) is 0.412. The molecular weight excluding hydrogens is 346 g/mol. The maximum Gasteiger partial charge on any atom is 0.342 e. The second-order valence-electron chi connectivity index (χ2n) is 6.62. The molecule has 0 saturated carbocycles. The molecule has 0 bridgehead atoms. The zero-order valence-electron chi connectivity index (χ0n) is 15.0. The Morgan fingerprint density at radius 2 is 1.89 bits per heavy atom. The molecule has 0 heterocycles. The van der Waals surface area contributed by atoms with Crippen LogP contribution in [0.3, 0.4) is 0 Å². The Kier molecular flexibility index (Phi) is 5.96. The van der Waals surface area contributed by atoms with Crippen LogP contribution in [0.15, 0.2) is 42.0 Å². The van der Waals surface area contributed by atoms with Gasteiger partial charge in [0.1, 0.15) is 17.1 Å². The van der Waals surface area contributed by atoms with E-state index >= 15 is 0 Å². The number of hydrogen-bond donors (Lipinski definition) is 3. The van der Waals surface area contributed by atoms with Crippen molar-refractivity contribution in [2.24, 2.45) is 0 Å². The molecule has 3 N–H and O–H groups in total. The number of allylic oxidation sites excluding steroid dienone is 1. The van der Waals surface area contributed by atoms with Gasteiger partial charge in [-0.3, -0.25) is 4.79 Å². The van der Waals surface area contributed by atoms with Crippen LogP contribution in [0, 0.1) is 0 Å². The van der Waals surface area contributed by atoms with Crippen LogP contribution in [0.1, 0.15) is 42.5 Å². The summed E-state index contributed by atoms with van der Waals surface area (Å²) in [4.78, 5) is 24.1. The van der Waals surface area contributed by atoms with Crippen molar-refractivity contribution in [1.82, 2.24) is 5.32 Å². The second-order valence-corrected chi connectivity index (χ2v) is 6.62. The summed E-state index contributed by atoms with van der Waals surface area (Å²) in [6.07, 6.45) is 7.63. The molecule has 0 radical (unpaired) electrons. The minimum atomic E-state index is -0.862. The molecule has 0 aromatic heterocycles. The van der Waals surface area contributed by atoms with Gasteiger partial charge in [0.15, 0.2) is 6.61 Å². The zero-order chi connectivity index (χ0) is 19.2. The number of phenols is 2. The summed E-state index contributed by atoms with van der Waals surface area (Å²) in [6, 6.07) is 7.77. The number of benzene rings is 2. The molecule has 1 amide bonds. The SMILES string of the molecule is O=C(COC(=O)c1cc(O)c2ccccc2c1O)NCCC1=CCCCC1. The van der Waals surface area contributed by atoms with Crippen LogP contribution >= 0.6 is 0 Å². The number of ether oxygens (including phenoxy) is 1. The molecule has 0 fully saturated rings. The Hall–Kier alpha value is -3.02. The first-order valence-electron chi connectivity index (χ1n) is 9.11. The molecular formula is C21H23NO5. The molecule has 142 valence electrons. The number of nitrogens with one attached hydrogen (secondary N) is 1. The summed E-state index contributed by atoms with van der Waals surface area (Å²) < 4.78 is 4.98. The third-order valence-corrected chi connectivity index (χ3v) is 4.70. The minimum absolute atomic E-state index is 0.138. The Balaban J connectivity index is 1.54. The molecule has 27 heavy (non-hydrogen) atoms. The minimum Gasteiger partial charge on any atom is -0.507 e. The topological polar surface area (TPSA) is 95.9 Å². The predicted molar refractivity (Wildman–Crippen MR) is 102 cm³/mol. The number of carbonyl (C=O) groups excluding carboxylic acids is 2. The average molecular weight is 369 g/mol. The summed E-state index contributed by atoms with van der Waals surface area (Å²) in [6.45, 7) is 0.0646. The normalized spacial score (nSPS) is 13.9. The van der Waals surface area contributed by atoms with E-state index in [0.717, 1.165) is 25.3 Å². The van der Waals surface area contributed by atoms with E-state index in [-0.39, 0.29) is 17.1 Å². The highest BCUT2D eigenvalue weighted by atomic mass is 16.5. The van der Waals surface area contributed by atoms with Crippen LogP contribution in [0.25, 0.3) is 10.8 Å². The van der Waals surface area contributed by atoms with Crippen LogP contribution in [0.2, 0.25) is 0 Å². The molecule has 1 aliphatic carbocycles. The number of fused-ring (bicyclic) bond motifs is 1. The number of rotatable bonds is 6. The Morgan fingerprint density at radius 1 is 1.11 bits per heavy atom. The molecule has 0 spiro atoms. The number of amides is 1. The molecule has 0 unspecified atom stereocenters. The Bertz CT molecular complexity index is 888. The lowest BCUT2D eigenvalue weighted by Crippen LogP contribution is -2.29. The lowest BCUT2D eigenvalue weighted by molar-refractivity contribution is -0.124. The molecule has 6 nitrogen and oxygen atoms in total. The summed E-state index contributed by atoms with van der Waals surface area (Å²) in [5.41, 5.74) is 1.18. The van der Waals surface area contributed by atoms with Crippen LogP contribution in [-0.4, -0.2) is 35.2 Å². The van der Waals surface area contributed by atoms with Crippen molar-refractivity contribution in [2.75, 3.05) is 13.2 Å². The fourth-order valence-electron chi connectivity index (χ4n) is 3.25. The standard InChI is InChI=1S/C21H23NO5/c23-18-12-17(20(25)16-9-5-4-8-15(16)18)21(26)27-13-19(24)22-11-10-14-6-2-1-3-7-14/h4-6,8-9,12,23,25H,1-3,7,10-11,13H2,(H,22,24). The van der Waals surface area contributed by atoms with Gasteiger partial charge in [0.25, 0.3) is 5.91 Å². The summed E-state index contributed by atoms with van der Waals surface area (Å²) in [7, 11) is 0. The van der Waals surface area contributed by atoms with Gasteiger partial charge in [-0.1, -0.05) is 35.9 Å². The number of phenolic OH excluding ortho intramolecular Hbond substituents is 2. The highest BCUT2D eigenvalue weighted by Gasteiger charge is 2.19. The lowest BCUT2D eigenvalue weighted by Gasteiger charge is -2.13. The van der Waals surface area contributed by atoms with Crippen molar-refractivity contribution in [2.45, 2.75) is 32.1 Å². The molecule has 6 heteroatoms. The fraction of sp³-hybridized carbons (Fsp3) is 0.333. The highest BCUT2D eigenvalue weighted by molar-refractivity contribution is 6.04. The molecule has 0 aliphatic heterocycles. The maximum atomic E-state index is 12.2. The molecule has 0 saturated heterocycles. The summed E-state index contributed by atoms with van der Waals surface area (Å²) >= 11 is 0. The van der Waals surface area contributed by atoms with E-state index in [1.54, 1.807) is 24.3 Å². The largest absolute Gasteiger partial charge is 0.507 e. The van der Waals surface area contributed by atoms with Crippen molar-refractivity contribution >= 4 is 22.6 Å². The first kappa shape index (κ1) is 18.8. The average Bonchev–Trinajstić information content (AvgIpc) is 2.70. The van der Waals surface area contributed by atoms with Crippen molar-refractivity contribution in [1.29, 1.82) is 0 Å². The van der Waals surface area contributed by atoms with Crippen LogP contribution in [0.4, 0.5) is 0 Å². The molecule has 0 atom stereocenters. The monoisotopic (exact) mass is 369 g/mol. The predicted octanol–water partition coefficient (Wildman–Crippen LogP) is 3.41. The molecule has 1 aliphatic rings. The maximum absolute atomic E-state index is 12.2. The van der Waals surface area contributed by atoms with E-state index in [0.29, 0.717) is 17.3 Å². The van der Waals surface area contributed by atoms with Crippen molar-refractivity contribution < 1.29 is 24.5 Å². The van der Waals surface area contributed by atoms with Crippen molar-refractivity contribution in [3.8, 4) is 11.5 Å². The van der Waals surface area contributed by atoms with E-state index in [1.165, 1.54) is 18.4 Å². The summed E-state index contributed by atoms with van der Waals surface area (Å²) in [5, 5.41) is 23.8. The first-order chi connectivity index (χ1) is 13.1. The van der Waals surface area contributed by atoms with Crippen LogP contribution < -0.4 is 5.32 Å². The Morgan fingerprint density at radius 3 is 2.63 bits per heavy atom. The first-order valence-corrected chi connectivity index (χ1v) is 9.11. The molecule has 2 aromatic rings. The lowest BCUT2D eigenvalue weighted by atomic mass is 9.97. The van der Waals surface area contributed by atoms with Crippen LogP contribution in [0.5, 0.6) is 11.5 Å². The Labute approximate surface area is 157 Å². The van der Waals surface area contributed by atoms with Gasteiger partial charge in [0, 0.05) is 17.3 Å². The van der Waals surface area contributed by atoms with Gasteiger partial charge in [-0.15, -0.1) is 0 Å². The van der Waals surface area contributed by atoms with E-state index < -0.39 is 18.5 Å². The molecule has 3 rings (SSSR count). The van der Waals surface area contributed by atoms with Crippen molar-refractivity contribution in [3.63, 3.8) is 0 Å². The van der Waals surface area contributed by atoms with Gasteiger partial charge < -0.3 is 20.3 Å². The third-order valence-electron chi connectivity index (χ3n) is 4.70. The van der Waals surface area contributed by atoms with Gasteiger partial charge in [-0.05, 0) is 38.2 Å². The number of aromatic hydroxyl groups is 2. The molecule has 2 aromatic carbocycles. The van der Waals surface area contributed by atoms with E-state index in [4.69, 9.17) is 4.74 Å². The van der Waals surface area contributed by atoms with Gasteiger partial charge in [-0.2, -0.15) is 0 Å². The van der Waals surface area contributed by atoms with Gasteiger partial charge >= 0.3 is 5.97 Å². The third kappa shape index (κ3) is 4.58.